The Labute approximate surface area is 354 Å². The van der Waals surface area contributed by atoms with E-state index in [1.54, 1.807) is 6.08 Å². The van der Waals surface area contributed by atoms with Gasteiger partial charge < -0.3 is 30.3 Å². The van der Waals surface area contributed by atoms with E-state index in [9.17, 15) is 28.9 Å². The zero-order valence-corrected chi connectivity index (χ0v) is 36.6. The number of nitrogens with two attached hydrogens (primary N) is 1. The highest BCUT2D eigenvalue weighted by molar-refractivity contribution is 7.47. The summed E-state index contributed by atoms with van der Waals surface area (Å²) in [5.41, 5.74) is 5.32. The molecular weight excluding hydrogens is 773 g/mol. The zero-order valence-electron chi connectivity index (χ0n) is 35.7. The summed E-state index contributed by atoms with van der Waals surface area (Å²) in [4.78, 5) is 45.9. The maximum Gasteiger partial charge on any atom is 0.472 e. The summed E-state index contributed by atoms with van der Waals surface area (Å²) in [7, 11) is -4.76. The number of rotatable bonds is 38. The Morgan fingerprint density at radius 1 is 0.627 bits per heavy atom. The second-order valence-electron chi connectivity index (χ2n) is 13.9. The zero-order chi connectivity index (χ0) is 43.7. The maximum atomic E-state index is 12.6. The van der Waals surface area contributed by atoms with Crippen LogP contribution in [-0.4, -0.2) is 71.1 Å². The Hall–Kier alpha value is -3.64. The first-order chi connectivity index (χ1) is 28.5. The number of phosphoric acid groups is 1. The third-order valence-electron chi connectivity index (χ3n) is 8.40. The summed E-state index contributed by atoms with van der Waals surface area (Å²) >= 11 is 0. The van der Waals surface area contributed by atoms with Crippen LogP contribution in [0.1, 0.15) is 136 Å². The molecule has 0 saturated carbocycles. The van der Waals surface area contributed by atoms with Crippen molar-refractivity contribution in [1.29, 1.82) is 0 Å². The molecule has 334 valence electrons. The summed E-state index contributed by atoms with van der Waals surface area (Å²) in [6, 6.07) is -1.55. The van der Waals surface area contributed by atoms with Crippen LogP contribution in [0.4, 0.5) is 0 Å². The minimum Gasteiger partial charge on any atom is -0.480 e. The predicted octanol–water partition coefficient (Wildman–Crippen LogP) is 10.2. The van der Waals surface area contributed by atoms with E-state index >= 15 is 0 Å². The van der Waals surface area contributed by atoms with Crippen LogP contribution < -0.4 is 5.73 Å². The number of hydrogen-bond acceptors (Lipinski definition) is 10. The van der Waals surface area contributed by atoms with Crippen LogP contribution in [0.15, 0.2) is 97.2 Å². The molecule has 2 unspecified atom stereocenters. The fourth-order valence-corrected chi connectivity index (χ4v) is 5.79. The number of aliphatic hydroxyl groups excluding tert-OH is 1. The first-order valence-corrected chi connectivity index (χ1v) is 22.9. The predicted molar refractivity (Wildman–Crippen MR) is 236 cm³/mol. The highest BCUT2D eigenvalue weighted by Gasteiger charge is 2.28. The number of aliphatic hydroxyl groups is 1. The molecule has 13 heteroatoms. The topological polar surface area (TPSA) is 192 Å². The molecule has 0 fully saturated rings. The number of unbranched alkanes of at least 4 members (excludes halogenated alkanes) is 8. The minimum atomic E-state index is -4.76. The number of carbonyl (C=O) groups is 3. The molecule has 0 aromatic heterocycles. The largest absolute Gasteiger partial charge is 0.480 e. The standard InChI is InChI=1S/C46H74NO11P/c1-3-5-7-9-11-12-13-14-15-16-17-18-19-20-25-29-33-37-45(50)58-42(39-56-59(53,54)57-40-43(47)46(51)52)38-55-44(49)36-32-28-24-22-21-23-27-31-35-41(48)34-30-26-10-8-6-4-2/h6,8,11-12,14-15,17-18,22-24,26-27,30-31,35,41-43,48H,3-5,7,9-10,13,16,19-21,25,28-29,32-34,36-40,47H2,1-2H3,(H,51,52)(H,53,54)/b8-6-,12-11-,15-14-,18-17-,24-22-,27-23-,30-26-,35-31+/t41?,42-,43+/m1/s1. The highest BCUT2D eigenvalue weighted by Crippen LogP contribution is 2.43. The van der Waals surface area contributed by atoms with Crippen LogP contribution in [0.2, 0.25) is 0 Å². The Morgan fingerprint density at radius 3 is 1.81 bits per heavy atom. The number of phosphoric ester groups is 1. The van der Waals surface area contributed by atoms with Crippen molar-refractivity contribution in [2.45, 2.75) is 154 Å². The van der Waals surface area contributed by atoms with Crippen LogP contribution in [0.25, 0.3) is 0 Å². The Balaban J connectivity index is 4.60. The van der Waals surface area contributed by atoms with E-state index in [0.29, 0.717) is 32.1 Å². The normalized spacial score (nSPS) is 15.2. The van der Waals surface area contributed by atoms with E-state index in [0.717, 1.165) is 57.8 Å². The number of ether oxygens (including phenoxy) is 2. The molecule has 5 N–H and O–H groups in total. The lowest BCUT2D eigenvalue weighted by Gasteiger charge is -2.20. The van der Waals surface area contributed by atoms with Gasteiger partial charge in [0, 0.05) is 12.8 Å². The molecule has 0 aliphatic heterocycles. The van der Waals surface area contributed by atoms with Gasteiger partial charge in [0.15, 0.2) is 6.10 Å². The van der Waals surface area contributed by atoms with Crippen molar-refractivity contribution in [2.75, 3.05) is 19.8 Å². The van der Waals surface area contributed by atoms with E-state index in [1.165, 1.54) is 19.3 Å². The minimum absolute atomic E-state index is 0.100. The van der Waals surface area contributed by atoms with Gasteiger partial charge in [-0.05, 0) is 83.5 Å². The number of carboxylic acids is 1. The van der Waals surface area contributed by atoms with Crippen molar-refractivity contribution in [1.82, 2.24) is 0 Å². The molecule has 0 saturated heterocycles. The smallest absolute Gasteiger partial charge is 0.472 e. The van der Waals surface area contributed by atoms with Crippen molar-refractivity contribution in [3.63, 3.8) is 0 Å². The van der Waals surface area contributed by atoms with E-state index in [-0.39, 0.29) is 12.8 Å². The van der Waals surface area contributed by atoms with E-state index in [2.05, 4.69) is 67.0 Å². The highest BCUT2D eigenvalue weighted by atomic mass is 31.2. The number of allylic oxidation sites excluding steroid dienone is 14. The van der Waals surface area contributed by atoms with Gasteiger partial charge in [0.25, 0.3) is 0 Å². The average molecular weight is 848 g/mol. The number of aliphatic carboxylic acids is 1. The number of esters is 2. The average Bonchev–Trinajstić information content (AvgIpc) is 3.21. The lowest BCUT2D eigenvalue weighted by molar-refractivity contribution is -0.161. The molecule has 0 rings (SSSR count). The van der Waals surface area contributed by atoms with Gasteiger partial charge in [0.05, 0.1) is 19.3 Å². The third-order valence-corrected chi connectivity index (χ3v) is 9.35. The van der Waals surface area contributed by atoms with Gasteiger partial charge in [-0.25, -0.2) is 4.57 Å². The van der Waals surface area contributed by atoms with Crippen molar-refractivity contribution < 1.29 is 52.6 Å². The van der Waals surface area contributed by atoms with E-state index < -0.39 is 63.8 Å². The summed E-state index contributed by atoms with van der Waals surface area (Å²) in [6.45, 7) is 2.47. The van der Waals surface area contributed by atoms with Crippen LogP contribution in [-0.2, 0) is 37.5 Å². The van der Waals surface area contributed by atoms with Crippen LogP contribution in [0, 0.1) is 0 Å². The van der Waals surface area contributed by atoms with Gasteiger partial charge in [-0.15, -0.1) is 0 Å². The van der Waals surface area contributed by atoms with Crippen molar-refractivity contribution in [3.05, 3.63) is 97.2 Å². The first kappa shape index (κ1) is 55.4. The van der Waals surface area contributed by atoms with Gasteiger partial charge in [0.2, 0.25) is 0 Å². The van der Waals surface area contributed by atoms with Gasteiger partial charge in [-0.3, -0.25) is 23.4 Å². The quantitative estimate of drug-likeness (QED) is 0.0151. The Bertz CT molecular complexity index is 1380. The van der Waals surface area contributed by atoms with Crippen molar-refractivity contribution >= 4 is 25.7 Å². The SMILES string of the molecule is CC/C=C\C/C=C\CC(O)/C=C/C=C\C/C=C\CCCC(=O)OC[C@H](COP(=O)(O)OC[C@H](N)C(=O)O)OC(=O)CCCCCC/C=C\C/C=C\C/C=C\CCCCC. The fraction of sp³-hybridized carbons (Fsp3) is 0.587. The maximum absolute atomic E-state index is 12.6. The van der Waals surface area contributed by atoms with E-state index in [1.807, 2.05) is 42.5 Å². The number of carboxylic acid groups (broad SMARTS) is 1. The monoisotopic (exact) mass is 847 g/mol. The summed E-state index contributed by atoms with van der Waals surface area (Å²) in [5, 5.41) is 18.9. The van der Waals surface area contributed by atoms with Crippen molar-refractivity contribution in [2.24, 2.45) is 5.73 Å². The van der Waals surface area contributed by atoms with E-state index in [4.69, 9.17) is 24.8 Å². The van der Waals surface area contributed by atoms with Gasteiger partial charge in [-0.2, -0.15) is 0 Å². The summed E-state index contributed by atoms with van der Waals surface area (Å²) in [6.07, 6.45) is 46.5. The number of hydrogen-bond donors (Lipinski definition) is 4. The molecule has 59 heavy (non-hydrogen) atoms. The summed E-state index contributed by atoms with van der Waals surface area (Å²) in [5.74, 6) is -2.54. The Kier molecular flexibility index (Phi) is 37.3. The lowest BCUT2D eigenvalue weighted by atomic mass is 10.1. The molecule has 4 atom stereocenters. The lowest BCUT2D eigenvalue weighted by Crippen LogP contribution is -2.34. The first-order valence-electron chi connectivity index (χ1n) is 21.4. The molecule has 0 radical (unpaired) electrons. The molecular formula is C46H74NO11P. The molecule has 0 heterocycles. The van der Waals surface area contributed by atoms with Crippen molar-refractivity contribution in [3.8, 4) is 0 Å². The molecule has 0 bridgehead atoms. The summed E-state index contributed by atoms with van der Waals surface area (Å²) < 4.78 is 32.6. The van der Waals surface area contributed by atoms with Gasteiger partial charge in [0.1, 0.15) is 12.6 Å². The van der Waals surface area contributed by atoms with Crippen LogP contribution in [0.3, 0.4) is 0 Å². The van der Waals surface area contributed by atoms with Gasteiger partial charge in [-0.1, -0.05) is 137 Å². The van der Waals surface area contributed by atoms with Crippen LogP contribution >= 0.6 is 7.82 Å². The third kappa shape index (κ3) is 39.6. The molecule has 0 aromatic carbocycles. The van der Waals surface area contributed by atoms with Gasteiger partial charge >= 0.3 is 25.7 Å². The molecule has 0 aliphatic carbocycles. The fourth-order valence-electron chi connectivity index (χ4n) is 5.01. The molecule has 12 nitrogen and oxygen atoms in total. The number of carbonyl (C=O) groups excluding carboxylic acids is 2. The van der Waals surface area contributed by atoms with Crippen LogP contribution in [0.5, 0.6) is 0 Å². The second-order valence-corrected chi connectivity index (χ2v) is 15.4. The molecule has 0 spiro atoms. The molecule has 0 amide bonds. The molecule has 0 aromatic rings. The second kappa shape index (κ2) is 39.8. The Morgan fingerprint density at radius 2 is 1.17 bits per heavy atom. The molecule has 0 aliphatic rings.